The largest absolute Gasteiger partial charge is 0.490 e. The van der Waals surface area contributed by atoms with Crippen molar-refractivity contribution in [2.45, 2.75) is 24.5 Å². The van der Waals surface area contributed by atoms with Crippen molar-refractivity contribution >= 4 is 35.7 Å². The Morgan fingerprint density at radius 3 is 2.28 bits per heavy atom. The predicted molar refractivity (Wildman–Crippen MR) is 91.6 cm³/mol. The Morgan fingerprint density at radius 2 is 1.72 bits per heavy atom. The summed E-state index contributed by atoms with van der Waals surface area (Å²) in [6, 6.07) is 1.05. The minimum Gasteiger partial charge on any atom is -0.387 e. The summed E-state index contributed by atoms with van der Waals surface area (Å²) in [4.78, 5) is 48.8. The average molecular weight is 500 g/mol. The van der Waals surface area contributed by atoms with E-state index in [1.807, 2.05) is 0 Å². The second-order valence-electron chi connectivity index (χ2n) is 5.45. The molecule has 0 aliphatic carbocycles. The van der Waals surface area contributed by atoms with Crippen LogP contribution >= 0.6 is 35.7 Å². The van der Waals surface area contributed by atoms with Crippen LogP contribution in [0.1, 0.15) is 6.23 Å². The van der Waals surface area contributed by atoms with Gasteiger partial charge in [0.05, 0.1) is 6.61 Å². The van der Waals surface area contributed by atoms with Crippen molar-refractivity contribution in [3.8, 4) is 0 Å². The quantitative estimate of drug-likeness (QED) is 0.165. The molecular formula is C9H15N2O14P3S. The summed E-state index contributed by atoms with van der Waals surface area (Å²) in [5.74, 6) is 0. The first-order valence-corrected chi connectivity index (χ1v) is 12.1. The number of nitrogens with zero attached hydrogens (tertiary/aromatic N) is 1. The third kappa shape index (κ3) is 6.95. The minimum absolute atomic E-state index is 0.165. The van der Waals surface area contributed by atoms with Crippen LogP contribution < -0.4 is 5.56 Å². The topological polar surface area (TPSA) is 247 Å². The Hall–Kier alpha value is -0.610. The van der Waals surface area contributed by atoms with Gasteiger partial charge in [-0.05, 0) is 12.2 Å². The van der Waals surface area contributed by atoms with Crippen molar-refractivity contribution in [3.05, 3.63) is 27.4 Å². The summed E-state index contributed by atoms with van der Waals surface area (Å²) < 4.78 is 51.1. The zero-order valence-corrected chi connectivity index (χ0v) is 17.3. The molecule has 1 aromatic heterocycles. The Balaban J connectivity index is 2.06. The normalized spacial score (nSPS) is 29.3. The third-order valence-electron chi connectivity index (χ3n) is 3.28. The van der Waals surface area contributed by atoms with Gasteiger partial charge in [0.15, 0.2) is 11.0 Å². The van der Waals surface area contributed by atoms with Crippen LogP contribution in [-0.2, 0) is 31.6 Å². The first kappa shape index (κ1) is 24.7. The van der Waals surface area contributed by atoms with E-state index in [4.69, 9.17) is 31.6 Å². The van der Waals surface area contributed by atoms with E-state index in [9.17, 15) is 33.6 Å². The number of phosphoric ester groups is 1. The van der Waals surface area contributed by atoms with E-state index in [2.05, 4.69) is 18.1 Å². The molecule has 7 N–H and O–H groups in total. The van der Waals surface area contributed by atoms with Crippen molar-refractivity contribution in [2.75, 3.05) is 6.61 Å². The van der Waals surface area contributed by atoms with Crippen LogP contribution in [-0.4, -0.2) is 64.3 Å². The highest BCUT2D eigenvalue weighted by atomic mass is 32.1. The summed E-state index contributed by atoms with van der Waals surface area (Å²) >= 11 is 4.90. The maximum absolute atomic E-state index is 11.7. The van der Waals surface area contributed by atoms with E-state index in [0.29, 0.717) is 0 Å². The lowest BCUT2D eigenvalue weighted by Crippen LogP contribution is -2.34. The number of H-pyrrole nitrogens is 1. The number of hydrogen-bond donors (Lipinski definition) is 7. The van der Waals surface area contributed by atoms with Gasteiger partial charge in [-0.1, -0.05) is 0 Å². The zero-order chi connectivity index (χ0) is 22.2. The molecule has 166 valence electrons. The van der Waals surface area contributed by atoms with Gasteiger partial charge in [0.1, 0.15) is 18.3 Å². The number of aliphatic hydroxyl groups is 2. The van der Waals surface area contributed by atoms with Crippen LogP contribution in [0.25, 0.3) is 0 Å². The zero-order valence-electron chi connectivity index (χ0n) is 13.8. The molecular weight excluding hydrogens is 485 g/mol. The maximum atomic E-state index is 11.7. The number of nitrogens with one attached hydrogen (secondary N) is 1. The first-order valence-electron chi connectivity index (χ1n) is 7.22. The van der Waals surface area contributed by atoms with Gasteiger partial charge < -0.3 is 34.5 Å². The highest BCUT2D eigenvalue weighted by molar-refractivity contribution is 7.71. The smallest absolute Gasteiger partial charge is 0.387 e. The van der Waals surface area contributed by atoms with E-state index in [-0.39, 0.29) is 4.77 Å². The molecule has 0 bridgehead atoms. The molecule has 1 aliphatic heterocycles. The molecule has 2 unspecified atom stereocenters. The van der Waals surface area contributed by atoms with E-state index >= 15 is 0 Å². The fraction of sp³-hybridized carbons (Fsp3) is 0.556. The average Bonchev–Trinajstić information content (AvgIpc) is 2.78. The molecule has 20 heteroatoms. The molecule has 16 nitrogen and oxygen atoms in total. The molecule has 2 rings (SSSR count). The standard InChI is InChI=1S/C9H15N2O14P3S/c12-5-1-2-11(9(29)10-5)8-7(14)6(13)4(23-8)3-22-27(18,19)25-28(20,21)24-26(15,16)17/h1-2,4,6-8,13-14H,3H2,(H,18,19)(H,20,21)(H,10,12,29)(H2,15,16,17)/t4-,6-,7+,8-/m1/s1. The van der Waals surface area contributed by atoms with Crippen molar-refractivity contribution in [1.29, 1.82) is 0 Å². The molecule has 29 heavy (non-hydrogen) atoms. The molecule has 1 fully saturated rings. The number of hydrogen-bond acceptors (Lipinski definition) is 11. The lowest BCUT2D eigenvalue weighted by atomic mass is 10.1. The molecule has 1 saturated heterocycles. The number of phosphoric acid groups is 3. The van der Waals surface area contributed by atoms with Gasteiger partial charge in [0.25, 0.3) is 5.56 Å². The number of aromatic nitrogens is 2. The molecule has 0 radical (unpaired) electrons. The van der Waals surface area contributed by atoms with Crippen molar-refractivity contribution in [1.82, 2.24) is 9.55 Å². The predicted octanol–water partition coefficient (Wildman–Crippen LogP) is -1.13. The van der Waals surface area contributed by atoms with Crippen LogP contribution in [0.3, 0.4) is 0 Å². The van der Waals surface area contributed by atoms with Gasteiger partial charge in [-0.25, -0.2) is 13.7 Å². The Labute approximate surface area is 165 Å². The highest BCUT2D eigenvalue weighted by Gasteiger charge is 2.46. The molecule has 1 aliphatic rings. The van der Waals surface area contributed by atoms with Crippen molar-refractivity contribution in [2.24, 2.45) is 0 Å². The monoisotopic (exact) mass is 500 g/mol. The molecule has 6 atom stereocenters. The summed E-state index contributed by atoms with van der Waals surface area (Å²) in [5, 5.41) is 20.1. The van der Waals surface area contributed by atoms with Crippen LogP contribution in [0.5, 0.6) is 0 Å². The molecule has 1 aromatic rings. The van der Waals surface area contributed by atoms with Gasteiger partial charge in [-0.15, -0.1) is 0 Å². The molecule has 2 heterocycles. The SMILES string of the molecule is O=c1ccn([C@@H]2O[C@H](COP(=O)(O)OP(=O)(O)OP(=O)(O)O)[C@@H](O)[C@@H]2O)c(=S)[nH]1. The number of aliphatic hydroxyl groups excluding tert-OH is 2. The summed E-state index contributed by atoms with van der Waals surface area (Å²) in [7, 11) is -16.7. The number of rotatable bonds is 8. The summed E-state index contributed by atoms with van der Waals surface area (Å²) in [6.45, 7) is -0.977. The lowest BCUT2D eigenvalue weighted by Gasteiger charge is -2.19. The van der Waals surface area contributed by atoms with Gasteiger partial charge >= 0.3 is 23.5 Å². The number of aromatic amines is 1. The second-order valence-corrected chi connectivity index (χ2v) is 10.3. The van der Waals surface area contributed by atoms with E-state index < -0.39 is 60.2 Å². The van der Waals surface area contributed by atoms with Crippen molar-refractivity contribution in [3.63, 3.8) is 0 Å². The van der Waals surface area contributed by atoms with Crippen LogP contribution in [0.2, 0.25) is 0 Å². The van der Waals surface area contributed by atoms with E-state index in [0.717, 1.165) is 16.8 Å². The van der Waals surface area contributed by atoms with E-state index in [1.54, 1.807) is 0 Å². The summed E-state index contributed by atoms with van der Waals surface area (Å²) in [5.41, 5.74) is -0.538. The minimum atomic E-state index is -5.70. The number of ether oxygens (including phenoxy) is 1. The molecule has 0 saturated carbocycles. The Kier molecular flexibility index (Phi) is 7.54. The van der Waals surface area contributed by atoms with Crippen molar-refractivity contribution < 1.29 is 61.4 Å². The first-order chi connectivity index (χ1) is 13.1. The second kappa shape index (κ2) is 8.86. The van der Waals surface area contributed by atoms with Crippen LogP contribution in [0.4, 0.5) is 0 Å². The molecule has 0 amide bonds. The summed E-state index contributed by atoms with van der Waals surface area (Å²) in [6.07, 6.45) is -4.97. The van der Waals surface area contributed by atoms with Gasteiger partial charge in [-0.3, -0.25) is 18.9 Å². The lowest BCUT2D eigenvalue weighted by molar-refractivity contribution is -0.0533. The fourth-order valence-corrected chi connectivity index (χ4v) is 5.49. The molecule has 0 aromatic carbocycles. The third-order valence-corrected chi connectivity index (χ3v) is 7.40. The Morgan fingerprint density at radius 1 is 1.10 bits per heavy atom. The molecule has 0 spiro atoms. The van der Waals surface area contributed by atoms with E-state index in [1.165, 1.54) is 0 Å². The maximum Gasteiger partial charge on any atom is 0.490 e. The van der Waals surface area contributed by atoms with Gasteiger partial charge in [-0.2, -0.15) is 8.62 Å². The van der Waals surface area contributed by atoms with Crippen LogP contribution in [0, 0.1) is 4.77 Å². The Bertz CT molecular complexity index is 1000. The highest BCUT2D eigenvalue weighted by Crippen LogP contribution is 2.66. The van der Waals surface area contributed by atoms with Crippen LogP contribution in [0.15, 0.2) is 17.1 Å². The fourth-order valence-electron chi connectivity index (χ4n) is 2.20. The van der Waals surface area contributed by atoms with Gasteiger partial charge in [0.2, 0.25) is 0 Å². The van der Waals surface area contributed by atoms with Gasteiger partial charge in [0, 0.05) is 12.3 Å².